The molecule has 0 amide bonds. The number of nitrogen functional groups attached to an aromatic ring is 1. The van der Waals surface area contributed by atoms with Crippen molar-refractivity contribution in [3.8, 4) is 0 Å². The Hall–Kier alpha value is -1.42. The fourth-order valence-electron chi connectivity index (χ4n) is 1.04. The third kappa shape index (κ3) is 1.90. The molecule has 2 N–H and O–H groups in total. The molecule has 0 unspecified atom stereocenters. The zero-order valence-corrected chi connectivity index (χ0v) is 8.54. The Morgan fingerprint density at radius 2 is 2.29 bits per heavy atom. The van der Waals surface area contributed by atoms with Gasteiger partial charge in [-0.3, -0.25) is 0 Å². The van der Waals surface area contributed by atoms with Crippen LogP contribution in [-0.4, -0.2) is 4.98 Å². The normalized spacial score (nSPS) is 10.4. The average molecular weight is 206 g/mol. The summed E-state index contributed by atoms with van der Waals surface area (Å²) in [6, 6.07) is 5.91. The highest BCUT2D eigenvalue weighted by atomic mass is 32.2. The lowest BCUT2D eigenvalue weighted by molar-refractivity contribution is 0.454. The van der Waals surface area contributed by atoms with Crippen LogP contribution in [0.25, 0.3) is 0 Å². The van der Waals surface area contributed by atoms with Crippen LogP contribution in [0.5, 0.6) is 0 Å². The summed E-state index contributed by atoms with van der Waals surface area (Å²) in [4.78, 5) is 5.06. The highest BCUT2D eigenvalue weighted by Crippen LogP contribution is 2.28. The van der Waals surface area contributed by atoms with E-state index in [1.54, 1.807) is 12.5 Å². The Morgan fingerprint density at radius 1 is 1.43 bits per heavy atom. The molecule has 1 aromatic carbocycles. The first-order chi connectivity index (χ1) is 6.75. The van der Waals surface area contributed by atoms with Crippen molar-refractivity contribution in [3.63, 3.8) is 0 Å². The molecule has 0 radical (unpaired) electrons. The minimum atomic E-state index is 0.633. The number of aromatic nitrogens is 1. The smallest absolute Gasteiger partial charge is 0.260 e. The minimum absolute atomic E-state index is 0.633. The number of hydrogen-bond acceptors (Lipinski definition) is 4. The van der Waals surface area contributed by atoms with Crippen LogP contribution in [0.3, 0.4) is 0 Å². The van der Waals surface area contributed by atoms with Crippen molar-refractivity contribution in [3.05, 3.63) is 36.2 Å². The van der Waals surface area contributed by atoms with Crippen LogP contribution in [0.1, 0.15) is 5.56 Å². The number of nitrogens with two attached hydrogens (primary N) is 1. The van der Waals surface area contributed by atoms with Crippen LogP contribution in [0.15, 0.2) is 45.2 Å². The molecule has 0 atom stereocenters. The summed E-state index contributed by atoms with van der Waals surface area (Å²) in [6.45, 7) is 1.98. The Balaban J connectivity index is 2.22. The van der Waals surface area contributed by atoms with E-state index < -0.39 is 0 Å². The maximum atomic E-state index is 5.79. The zero-order valence-electron chi connectivity index (χ0n) is 7.73. The van der Waals surface area contributed by atoms with Crippen molar-refractivity contribution >= 4 is 17.4 Å². The van der Waals surface area contributed by atoms with Crippen LogP contribution in [0.2, 0.25) is 0 Å². The third-order valence-electron chi connectivity index (χ3n) is 1.87. The van der Waals surface area contributed by atoms with E-state index >= 15 is 0 Å². The van der Waals surface area contributed by atoms with Gasteiger partial charge in [0.25, 0.3) is 5.22 Å². The molecular weight excluding hydrogens is 196 g/mol. The van der Waals surface area contributed by atoms with Crippen molar-refractivity contribution < 1.29 is 4.42 Å². The van der Waals surface area contributed by atoms with E-state index in [2.05, 4.69) is 4.98 Å². The molecular formula is C10H10N2OS. The molecule has 4 heteroatoms. The highest BCUT2D eigenvalue weighted by molar-refractivity contribution is 7.99. The van der Waals surface area contributed by atoms with Gasteiger partial charge in [0.1, 0.15) is 6.26 Å². The Morgan fingerprint density at radius 3 is 2.93 bits per heavy atom. The molecule has 0 aliphatic carbocycles. The molecule has 72 valence electrons. The predicted octanol–water partition coefficient (Wildman–Crippen LogP) is 2.72. The maximum absolute atomic E-state index is 5.79. The molecule has 0 saturated carbocycles. The molecule has 0 aliphatic rings. The van der Waals surface area contributed by atoms with E-state index in [9.17, 15) is 0 Å². The second-order valence-corrected chi connectivity index (χ2v) is 3.94. The monoisotopic (exact) mass is 206 g/mol. The second kappa shape index (κ2) is 3.75. The number of hydrogen-bond donors (Lipinski definition) is 1. The number of aryl methyl sites for hydroxylation is 1. The fraction of sp³-hybridized carbons (Fsp3) is 0.100. The van der Waals surface area contributed by atoms with Crippen molar-refractivity contribution in [2.75, 3.05) is 5.73 Å². The number of rotatable bonds is 2. The quantitative estimate of drug-likeness (QED) is 0.767. The Bertz CT molecular complexity index is 426. The van der Waals surface area contributed by atoms with Gasteiger partial charge in [-0.05, 0) is 36.4 Å². The van der Waals surface area contributed by atoms with Gasteiger partial charge in [0.05, 0.1) is 6.20 Å². The minimum Gasteiger partial charge on any atom is -0.440 e. The van der Waals surface area contributed by atoms with Crippen LogP contribution in [0, 0.1) is 6.92 Å². The molecule has 0 bridgehead atoms. The number of benzene rings is 1. The average Bonchev–Trinajstić information content (AvgIpc) is 2.64. The first-order valence-corrected chi connectivity index (χ1v) is 5.01. The Kier molecular flexibility index (Phi) is 2.45. The summed E-state index contributed by atoms with van der Waals surface area (Å²) in [6.07, 6.45) is 3.18. The van der Waals surface area contributed by atoms with Gasteiger partial charge >= 0.3 is 0 Å². The Labute approximate surface area is 86.3 Å². The summed E-state index contributed by atoms with van der Waals surface area (Å²) >= 11 is 1.46. The summed E-state index contributed by atoms with van der Waals surface area (Å²) in [5.74, 6) is 0. The molecule has 1 aromatic heterocycles. The molecule has 0 saturated heterocycles. The van der Waals surface area contributed by atoms with E-state index in [0.29, 0.717) is 5.22 Å². The van der Waals surface area contributed by atoms with E-state index in [0.717, 1.165) is 16.1 Å². The van der Waals surface area contributed by atoms with E-state index in [4.69, 9.17) is 10.2 Å². The van der Waals surface area contributed by atoms with Crippen LogP contribution in [0.4, 0.5) is 5.69 Å². The van der Waals surface area contributed by atoms with Crippen molar-refractivity contribution in [1.29, 1.82) is 0 Å². The highest BCUT2D eigenvalue weighted by Gasteiger charge is 2.02. The maximum Gasteiger partial charge on any atom is 0.260 e. The second-order valence-electron chi connectivity index (χ2n) is 2.92. The van der Waals surface area contributed by atoms with Gasteiger partial charge in [0.15, 0.2) is 0 Å². The SMILES string of the molecule is Cc1ccc(Sc2ncco2)cc1N. The lowest BCUT2D eigenvalue weighted by atomic mass is 10.2. The summed E-state index contributed by atoms with van der Waals surface area (Å²) in [7, 11) is 0. The van der Waals surface area contributed by atoms with Crippen LogP contribution < -0.4 is 5.73 Å². The van der Waals surface area contributed by atoms with Gasteiger partial charge in [0.2, 0.25) is 0 Å². The number of oxazole rings is 1. The molecule has 0 spiro atoms. The van der Waals surface area contributed by atoms with Crippen molar-refractivity contribution in [2.45, 2.75) is 17.0 Å². The molecule has 2 aromatic rings. The van der Waals surface area contributed by atoms with E-state index in [-0.39, 0.29) is 0 Å². The molecule has 2 rings (SSSR count). The van der Waals surface area contributed by atoms with Crippen molar-refractivity contribution in [1.82, 2.24) is 4.98 Å². The van der Waals surface area contributed by atoms with Crippen LogP contribution >= 0.6 is 11.8 Å². The van der Waals surface area contributed by atoms with Gasteiger partial charge < -0.3 is 10.2 Å². The lowest BCUT2D eigenvalue weighted by Gasteiger charge is -2.01. The lowest BCUT2D eigenvalue weighted by Crippen LogP contribution is -1.88. The first kappa shape index (κ1) is 9.15. The molecule has 0 fully saturated rings. The van der Waals surface area contributed by atoms with Gasteiger partial charge in [-0.2, -0.15) is 0 Å². The summed E-state index contributed by atoms with van der Waals surface area (Å²) in [5, 5.41) is 0.633. The molecule has 3 nitrogen and oxygen atoms in total. The predicted molar refractivity (Wildman–Crippen MR) is 56.2 cm³/mol. The van der Waals surface area contributed by atoms with Crippen molar-refractivity contribution in [2.24, 2.45) is 0 Å². The largest absolute Gasteiger partial charge is 0.440 e. The van der Waals surface area contributed by atoms with E-state index in [1.807, 2.05) is 25.1 Å². The van der Waals surface area contributed by atoms with Crippen LogP contribution in [-0.2, 0) is 0 Å². The van der Waals surface area contributed by atoms with Gasteiger partial charge in [-0.25, -0.2) is 4.98 Å². The standard InChI is InChI=1S/C10H10N2OS/c1-7-2-3-8(6-9(7)11)14-10-12-4-5-13-10/h2-6H,11H2,1H3. The number of nitrogens with zero attached hydrogens (tertiary/aromatic N) is 1. The van der Waals surface area contributed by atoms with Gasteiger partial charge in [-0.1, -0.05) is 6.07 Å². The van der Waals surface area contributed by atoms with E-state index in [1.165, 1.54) is 11.8 Å². The molecule has 0 aliphatic heterocycles. The molecule has 1 heterocycles. The zero-order chi connectivity index (χ0) is 9.97. The third-order valence-corrected chi connectivity index (χ3v) is 2.73. The topological polar surface area (TPSA) is 52.0 Å². The fourth-order valence-corrected chi connectivity index (χ4v) is 1.78. The first-order valence-electron chi connectivity index (χ1n) is 4.19. The molecule has 14 heavy (non-hydrogen) atoms. The summed E-state index contributed by atoms with van der Waals surface area (Å²) < 4.78 is 5.12. The summed E-state index contributed by atoms with van der Waals surface area (Å²) in [5.41, 5.74) is 7.66. The van der Waals surface area contributed by atoms with Gasteiger partial charge in [0, 0.05) is 10.6 Å². The number of anilines is 1. The van der Waals surface area contributed by atoms with Gasteiger partial charge in [-0.15, -0.1) is 0 Å².